The molecule has 5 heteroatoms. The SMILES string of the molecule is c1ccc(-c2ccc3c(c2)c2ccccc2n3-c2nc(-c3ccccc3)nc(-c3cccc4oc5cccc(-c6ccccc6)c5c34)n2)cc1. The molecule has 0 N–H and O–H groups in total. The molecule has 5 nitrogen and oxygen atoms in total. The molecule has 234 valence electrons. The first kappa shape index (κ1) is 28.2. The van der Waals surface area contributed by atoms with Crippen LogP contribution in [0.15, 0.2) is 174 Å². The van der Waals surface area contributed by atoms with E-state index in [0.717, 1.165) is 71.6 Å². The Labute approximate surface area is 287 Å². The maximum absolute atomic E-state index is 6.48. The fraction of sp³-hybridized carbons (Fsp3) is 0. The molecule has 0 radical (unpaired) electrons. The van der Waals surface area contributed by atoms with Crippen LogP contribution in [0, 0.1) is 0 Å². The Hall–Kier alpha value is -6.85. The highest BCUT2D eigenvalue weighted by atomic mass is 16.3. The third-order valence-corrected chi connectivity index (χ3v) is 9.48. The van der Waals surface area contributed by atoms with Gasteiger partial charge in [0.1, 0.15) is 11.2 Å². The standard InChI is InChI=1S/C45H28N4O/c1-4-14-29(15-5-1)32-26-27-38-36(28-32)34-20-10-11-23-37(34)49(38)45-47-43(31-18-8-3-9-19-31)46-44(48-45)35-22-13-25-40-42(35)41-33(21-12-24-39(41)50-40)30-16-6-2-7-17-30/h1-28H. The van der Waals surface area contributed by atoms with Crippen LogP contribution in [0.5, 0.6) is 0 Å². The van der Waals surface area contributed by atoms with Crippen molar-refractivity contribution in [2.75, 3.05) is 0 Å². The Morgan fingerprint density at radius 1 is 0.380 bits per heavy atom. The van der Waals surface area contributed by atoms with Crippen LogP contribution in [-0.4, -0.2) is 19.5 Å². The molecule has 50 heavy (non-hydrogen) atoms. The molecule has 7 aromatic carbocycles. The minimum atomic E-state index is 0.556. The number of para-hydroxylation sites is 1. The summed E-state index contributed by atoms with van der Waals surface area (Å²) in [7, 11) is 0. The van der Waals surface area contributed by atoms with Crippen LogP contribution in [0.25, 0.3) is 94.7 Å². The van der Waals surface area contributed by atoms with Gasteiger partial charge in [-0.05, 0) is 52.6 Å². The van der Waals surface area contributed by atoms with Crippen molar-refractivity contribution in [1.82, 2.24) is 19.5 Å². The summed E-state index contributed by atoms with van der Waals surface area (Å²) < 4.78 is 8.65. The van der Waals surface area contributed by atoms with E-state index < -0.39 is 0 Å². The monoisotopic (exact) mass is 640 g/mol. The van der Waals surface area contributed by atoms with Crippen molar-refractivity contribution in [1.29, 1.82) is 0 Å². The van der Waals surface area contributed by atoms with Gasteiger partial charge in [0.05, 0.1) is 11.0 Å². The van der Waals surface area contributed by atoms with Crippen molar-refractivity contribution in [3.63, 3.8) is 0 Å². The summed E-state index contributed by atoms with van der Waals surface area (Å²) in [5, 5.41) is 4.30. The molecule has 0 unspecified atom stereocenters. The van der Waals surface area contributed by atoms with Crippen molar-refractivity contribution in [2.24, 2.45) is 0 Å². The highest BCUT2D eigenvalue weighted by Crippen LogP contribution is 2.41. The molecular weight excluding hydrogens is 613 g/mol. The molecule has 0 saturated carbocycles. The van der Waals surface area contributed by atoms with E-state index in [2.05, 4.69) is 108 Å². The molecule has 0 atom stereocenters. The quantitative estimate of drug-likeness (QED) is 0.188. The van der Waals surface area contributed by atoms with Crippen LogP contribution < -0.4 is 0 Å². The Bertz CT molecular complexity index is 2860. The molecule has 0 fully saturated rings. The van der Waals surface area contributed by atoms with Gasteiger partial charge in [0, 0.05) is 32.7 Å². The Kier molecular flexibility index (Phi) is 6.42. The predicted octanol–water partition coefficient (Wildman–Crippen LogP) is 11.5. The average Bonchev–Trinajstić information content (AvgIpc) is 3.74. The van der Waals surface area contributed by atoms with Gasteiger partial charge in [0.2, 0.25) is 5.95 Å². The number of hydrogen-bond donors (Lipinski definition) is 0. The molecule has 3 heterocycles. The zero-order valence-corrected chi connectivity index (χ0v) is 26.9. The van der Waals surface area contributed by atoms with Gasteiger partial charge in [-0.1, -0.05) is 140 Å². The van der Waals surface area contributed by atoms with Crippen LogP contribution in [-0.2, 0) is 0 Å². The molecule has 0 aliphatic carbocycles. The lowest BCUT2D eigenvalue weighted by atomic mass is 9.97. The molecule has 0 aliphatic rings. The molecule has 0 bridgehead atoms. The van der Waals surface area contributed by atoms with Gasteiger partial charge in [-0.15, -0.1) is 0 Å². The number of fused-ring (bicyclic) bond motifs is 6. The zero-order chi connectivity index (χ0) is 33.0. The van der Waals surface area contributed by atoms with Crippen molar-refractivity contribution >= 4 is 43.7 Å². The molecule has 10 aromatic rings. The van der Waals surface area contributed by atoms with E-state index in [4.69, 9.17) is 19.4 Å². The largest absolute Gasteiger partial charge is 0.456 e. The third-order valence-electron chi connectivity index (χ3n) is 9.48. The Morgan fingerprint density at radius 2 is 0.960 bits per heavy atom. The molecule has 0 spiro atoms. The van der Waals surface area contributed by atoms with Gasteiger partial charge in [-0.3, -0.25) is 4.57 Å². The van der Waals surface area contributed by atoms with Crippen molar-refractivity contribution < 1.29 is 4.42 Å². The van der Waals surface area contributed by atoms with Crippen LogP contribution in [0.1, 0.15) is 0 Å². The number of nitrogens with zero attached hydrogens (tertiary/aromatic N) is 4. The first-order valence-corrected chi connectivity index (χ1v) is 16.7. The highest BCUT2D eigenvalue weighted by Gasteiger charge is 2.22. The fourth-order valence-electron chi connectivity index (χ4n) is 7.21. The minimum absolute atomic E-state index is 0.556. The number of rotatable bonds is 5. The van der Waals surface area contributed by atoms with E-state index in [-0.39, 0.29) is 0 Å². The van der Waals surface area contributed by atoms with Crippen molar-refractivity contribution in [2.45, 2.75) is 0 Å². The summed E-state index contributed by atoms with van der Waals surface area (Å²) in [6, 6.07) is 58.5. The lowest BCUT2D eigenvalue weighted by molar-refractivity contribution is 0.669. The van der Waals surface area contributed by atoms with Gasteiger partial charge in [0.15, 0.2) is 11.6 Å². The molecule has 0 aliphatic heterocycles. The predicted molar refractivity (Wildman–Crippen MR) is 203 cm³/mol. The second-order valence-corrected chi connectivity index (χ2v) is 12.4. The van der Waals surface area contributed by atoms with E-state index in [0.29, 0.717) is 17.6 Å². The lowest BCUT2D eigenvalue weighted by Gasteiger charge is -2.12. The second-order valence-electron chi connectivity index (χ2n) is 12.4. The summed E-state index contributed by atoms with van der Waals surface area (Å²) in [4.78, 5) is 15.6. The third kappa shape index (κ3) is 4.52. The maximum atomic E-state index is 6.48. The Balaban J connectivity index is 1.27. The smallest absolute Gasteiger partial charge is 0.238 e. The minimum Gasteiger partial charge on any atom is -0.456 e. The van der Waals surface area contributed by atoms with E-state index >= 15 is 0 Å². The number of hydrogen-bond acceptors (Lipinski definition) is 4. The number of furan rings is 1. The van der Waals surface area contributed by atoms with E-state index in [1.54, 1.807) is 0 Å². The van der Waals surface area contributed by atoms with E-state index in [1.807, 2.05) is 66.7 Å². The van der Waals surface area contributed by atoms with Crippen LogP contribution in [0.3, 0.4) is 0 Å². The second kappa shape index (κ2) is 11.4. The Morgan fingerprint density at radius 3 is 1.70 bits per heavy atom. The molecule has 0 saturated heterocycles. The summed E-state index contributed by atoms with van der Waals surface area (Å²) >= 11 is 0. The molecule has 10 rings (SSSR count). The number of benzene rings is 7. The fourth-order valence-corrected chi connectivity index (χ4v) is 7.21. The number of aromatic nitrogens is 4. The zero-order valence-electron chi connectivity index (χ0n) is 26.9. The summed E-state index contributed by atoms with van der Waals surface area (Å²) in [5.74, 6) is 1.74. The summed E-state index contributed by atoms with van der Waals surface area (Å²) in [5.41, 5.74) is 10.0. The maximum Gasteiger partial charge on any atom is 0.238 e. The first-order valence-electron chi connectivity index (χ1n) is 16.7. The van der Waals surface area contributed by atoms with E-state index in [9.17, 15) is 0 Å². The summed E-state index contributed by atoms with van der Waals surface area (Å²) in [6.07, 6.45) is 0. The lowest BCUT2D eigenvalue weighted by Crippen LogP contribution is -2.06. The highest BCUT2D eigenvalue weighted by molar-refractivity contribution is 6.17. The molecular formula is C45H28N4O. The van der Waals surface area contributed by atoms with Crippen LogP contribution in [0.4, 0.5) is 0 Å². The van der Waals surface area contributed by atoms with Gasteiger partial charge in [-0.2, -0.15) is 9.97 Å². The topological polar surface area (TPSA) is 56.7 Å². The van der Waals surface area contributed by atoms with Gasteiger partial charge < -0.3 is 4.42 Å². The van der Waals surface area contributed by atoms with Crippen LogP contribution in [0.2, 0.25) is 0 Å². The van der Waals surface area contributed by atoms with Crippen molar-refractivity contribution in [3.8, 4) is 51.0 Å². The van der Waals surface area contributed by atoms with Crippen molar-refractivity contribution in [3.05, 3.63) is 170 Å². The van der Waals surface area contributed by atoms with E-state index in [1.165, 1.54) is 5.56 Å². The first-order chi connectivity index (χ1) is 24.8. The van der Waals surface area contributed by atoms with Crippen LogP contribution >= 0.6 is 0 Å². The normalized spacial score (nSPS) is 11.6. The average molecular weight is 641 g/mol. The van der Waals surface area contributed by atoms with Gasteiger partial charge in [0.25, 0.3) is 0 Å². The summed E-state index contributed by atoms with van der Waals surface area (Å²) in [6.45, 7) is 0. The molecule has 3 aromatic heterocycles. The van der Waals surface area contributed by atoms with Gasteiger partial charge in [-0.25, -0.2) is 4.98 Å². The van der Waals surface area contributed by atoms with Gasteiger partial charge >= 0.3 is 0 Å². The molecule has 0 amide bonds.